The van der Waals surface area contributed by atoms with E-state index in [0.717, 1.165) is 11.3 Å². The fraction of sp³-hybridized carbons (Fsp3) is 0.429. The molecule has 7 heteroatoms. The molecule has 21 heavy (non-hydrogen) atoms. The van der Waals surface area contributed by atoms with Crippen LogP contribution in [0.1, 0.15) is 12.8 Å². The summed E-state index contributed by atoms with van der Waals surface area (Å²) >= 11 is 13.3. The lowest BCUT2D eigenvalue weighted by Gasteiger charge is -2.30. The van der Waals surface area contributed by atoms with Crippen LogP contribution >= 0.6 is 35.0 Å². The molecule has 2 rings (SSSR count). The van der Waals surface area contributed by atoms with Crippen molar-refractivity contribution >= 4 is 46.8 Å². The predicted molar refractivity (Wildman–Crippen MR) is 84.1 cm³/mol. The number of carboxylic acid groups (broad SMARTS) is 1. The quantitative estimate of drug-likeness (QED) is 0.848. The van der Waals surface area contributed by atoms with Gasteiger partial charge in [-0.15, -0.1) is 11.8 Å². The molecule has 0 spiro atoms. The van der Waals surface area contributed by atoms with Crippen molar-refractivity contribution in [3.63, 3.8) is 0 Å². The highest BCUT2D eigenvalue weighted by Crippen LogP contribution is 2.30. The number of thioether (sulfide) groups is 1. The summed E-state index contributed by atoms with van der Waals surface area (Å²) in [5.74, 6) is -1.13. The van der Waals surface area contributed by atoms with Gasteiger partial charge in [0.25, 0.3) is 0 Å². The molecule has 0 aromatic heterocycles. The van der Waals surface area contributed by atoms with Crippen molar-refractivity contribution in [3.05, 3.63) is 28.2 Å². The van der Waals surface area contributed by atoms with Crippen molar-refractivity contribution in [2.45, 2.75) is 17.7 Å². The number of benzene rings is 1. The zero-order chi connectivity index (χ0) is 15.4. The van der Waals surface area contributed by atoms with Crippen LogP contribution in [0.3, 0.4) is 0 Å². The molecule has 1 fully saturated rings. The second-order valence-electron chi connectivity index (χ2n) is 4.88. The average Bonchev–Trinajstić information content (AvgIpc) is 2.48. The first-order valence-electron chi connectivity index (χ1n) is 6.56. The highest BCUT2D eigenvalue weighted by atomic mass is 35.5. The van der Waals surface area contributed by atoms with Gasteiger partial charge < -0.3 is 10.0 Å². The van der Waals surface area contributed by atoms with E-state index in [2.05, 4.69) is 0 Å². The van der Waals surface area contributed by atoms with E-state index in [1.807, 2.05) is 0 Å². The summed E-state index contributed by atoms with van der Waals surface area (Å²) in [4.78, 5) is 25.6. The van der Waals surface area contributed by atoms with Crippen LogP contribution < -0.4 is 0 Å². The van der Waals surface area contributed by atoms with Crippen molar-refractivity contribution < 1.29 is 14.7 Å². The third-order valence-electron chi connectivity index (χ3n) is 3.37. The number of carboxylic acids is 1. The van der Waals surface area contributed by atoms with Crippen LogP contribution in [0.4, 0.5) is 0 Å². The van der Waals surface area contributed by atoms with E-state index in [0.29, 0.717) is 23.0 Å². The number of likely N-dealkylation sites (tertiary alicyclic amines) is 1. The molecule has 1 heterocycles. The Hall–Kier alpha value is -0.910. The van der Waals surface area contributed by atoms with Crippen LogP contribution in [0, 0.1) is 5.92 Å². The number of piperidine rings is 1. The minimum atomic E-state index is -0.835. The van der Waals surface area contributed by atoms with E-state index >= 15 is 0 Å². The highest BCUT2D eigenvalue weighted by molar-refractivity contribution is 8.00. The van der Waals surface area contributed by atoms with Crippen molar-refractivity contribution in [3.8, 4) is 0 Å². The first-order valence-corrected chi connectivity index (χ1v) is 8.30. The van der Waals surface area contributed by atoms with Crippen LogP contribution in [-0.2, 0) is 9.59 Å². The smallest absolute Gasteiger partial charge is 0.308 e. The SMILES string of the molecule is O=C(O)[C@@H]1CCCN(C(=O)CSc2cc(Cl)ccc2Cl)C1. The summed E-state index contributed by atoms with van der Waals surface area (Å²) in [5.41, 5.74) is 0. The van der Waals surface area contributed by atoms with Gasteiger partial charge in [-0.1, -0.05) is 23.2 Å². The van der Waals surface area contributed by atoms with E-state index in [1.165, 1.54) is 11.8 Å². The van der Waals surface area contributed by atoms with Crippen LogP contribution in [-0.4, -0.2) is 40.7 Å². The maximum atomic E-state index is 12.2. The van der Waals surface area contributed by atoms with Crippen LogP contribution in [0.5, 0.6) is 0 Å². The van der Waals surface area contributed by atoms with Gasteiger partial charge in [0.15, 0.2) is 0 Å². The molecule has 1 aromatic rings. The molecule has 0 aliphatic carbocycles. The Kier molecular flexibility index (Phi) is 5.79. The predicted octanol–water partition coefficient (Wildman–Crippen LogP) is 3.41. The van der Waals surface area contributed by atoms with Crippen molar-refractivity contribution in [2.24, 2.45) is 5.92 Å². The second kappa shape index (κ2) is 7.38. The Labute approximate surface area is 137 Å². The first kappa shape index (κ1) is 16.5. The lowest BCUT2D eigenvalue weighted by molar-refractivity contribution is -0.145. The number of hydrogen-bond donors (Lipinski definition) is 1. The molecule has 1 amide bonds. The third kappa shape index (κ3) is 4.53. The molecule has 0 bridgehead atoms. The van der Waals surface area contributed by atoms with Gasteiger partial charge in [-0.3, -0.25) is 9.59 Å². The topological polar surface area (TPSA) is 57.6 Å². The zero-order valence-electron chi connectivity index (χ0n) is 11.2. The Morgan fingerprint density at radius 3 is 2.86 bits per heavy atom. The third-order valence-corrected chi connectivity index (χ3v) is 5.08. The molecule has 0 saturated carbocycles. The number of aliphatic carboxylic acids is 1. The van der Waals surface area contributed by atoms with E-state index in [4.69, 9.17) is 28.3 Å². The van der Waals surface area contributed by atoms with Crippen LogP contribution in [0.25, 0.3) is 0 Å². The summed E-state index contributed by atoms with van der Waals surface area (Å²) in [6, 6.07) is 5.11. The molecule has 1 N–H and O–H groups in total. The van der Waals surface area contributed by atoms with Crippen molar-refractivity contribution in [1.82, 2.24) is 4.90 Å². The van der Waals surface area contributed by atoms with Crippen molar-refractivity contribution in [1.29, 1.82) is 0 Å². The van der Waals surface area contributed by atoms with Gasteiger partial charge in [-0.05, 0) is 31.0 Å². The fourth-order valence-corrected chi connectivity index (χ4v) is 3.62. The molecular formula is C14H15Cl2NO3S. The minimum absolute atomic E-state index is 0.0676. The van der Waals surface area contributed by atoms with Gasteiger partial charge in [0.05, 0.1) is 16.7 Å². The van der Waals surface area contributed by atoms with Gasteiger partial charge in [0.1, 0.15) is 0 Å². The number of halogens is 2. The normalized spacial score (nSPS) is 18.6. The molecule has 1 atom stereocenters. The number of carbonyl (C=O) groups is 2. The summed E-state index contributed by atoms with van der Waals surface area (Å²) < 4.78 is 0. The summed E-state index contributed by atoms with van der Waals surface area (Å²) in [6.45, 7) is 0.907. The lowest BCUT2D eigenvalue weighted by Crippen LogP contribution is -2.43. The molecule has 1 aliphatic heterocycles. The Morgan fingerprint density at radius 1 is 1.38 bits per heavy atom. The lowest BCUT2D eigenvalue weighted by atomic mass is 9.98. The van der Waals surface area contributed by atoms with Crippen LogP contribution in [0.15, 0.2) is 23.1 Å². The first-order chi connectivity index (χ1) is 9.97. The van der Waals surface area contributed by atoms with E-state index in [1.54, 1.807) is 23.1 Å². The molecule has 114 valence electrons. The zero-order valence-corrected chi connectivity index (χ0v) is 13.5. The van der Waals surface area contributed by atoms with E-state index < -0.39 is 11.9 Å². The molecule has 1 saturated heterocycles. The second-order valence-corrected chi connectivity index (χ2v) is 6.74. The van der Waals surface area contributed by atoms with Gasteiger partial charge in [0.2, 0.25) is 5.91 Å². The molecular weight excluding hydrogens is 333 g/mol. The molecule has 0 radical (unpaired) electrons. The van der Waals surface area contributed by atoms with Gasteiger partial charge >= 0.3 is 5.97 Å². The number of carbonyl (C=O) groups excluding carboxylic acids is 1. The number of nitrogens with zero attached hydrogens (tertiary/aromatic N) is 1. The molecule has 0 unspecified atom stereocenters. The highest BCUT2D eigenvalue weighted by Gasteiger charge is 2.27. The number of amides is 1. The standard InChI is InChI=1S/C14H15Cl2NO3S/c15-10-3-4-11(16)12(6-10)21-8-13(18)17-5-1-2-9(7-17)14(19)20/h3-4,6,9H,1-2,5,7-8H2,(H,19,20)/t9-/m1/s1. The van der Waals surface area contributed by atoms with E-state index in [-0.39, 0.29) is 18.2 Å². The number of hydrogen-bond acceptors (Lipinski definition) is 3. The molecule has 4 nitrogen and oxygen atoms in total. The van der Waals surface area contributed by atoms with E-state index in [9.17, 15) is 9.59 Å². The maximum absolute atomic E-state index is 12.2. The van der Waals surface area contributed by atoms with Crippen molar-refractivity contribution in [2.75, 3.05) is 18.8 Å². The minimum Gasteiger partial charge on any atom is -0.481 e. The van der Waals surface area contributed by atoms with Gasteiger partial charge in [-0.2, -0.15) is 0 Å². The summed E-state index contributed by atoms with van der Waals surface area (Å²) in [5, 5.41) is 10.2. The molecule has 1 aromatic carbocycles. The number of rotatable bonds is 4. The summed E-state index contributed by atoms with van der Waals surface area (Å²) in [6.07, 6.45) is 1.36. The average molecular weight is 348 g/mol. The maximum Gasteiger partial charge on any atom is 0.308 e. The monoisotopic (exact) mass is 347 g/mol. The fourth-order valence-electron chi connectivity index (χ4n) is 2.22. The molecule has 1 aliphatic rings. The Balaban J connectivity index is 1.92. The Bertz CT molecular complexity index is 553. The van der Waals surface area contributed by atoms with Gasteiger partial charge in [-0.25, -0.2) is 0 Å². The largest absolute Gasteiger partial charge is 0.481 e. The van der Waals surface area contributed by atoms with Crippen LogP contribution in [0.2, 0.25) is 10.0 Å². The summed E-state index contributed by atoms with van der Waals surface area (Å²) in [7, 11) is 0. The van der Waals surface area contributed by atoms with Gasteiger partial charge in [0, 0.05) is 23.0 Å². The Morgan fingerprint density at radius 2 is 2.14 bits per heavy atom.